The number of hydrogen-bond donors (Lipinski definition) is 1. The summed E-state index contributed by atoms with van der Waals surface area (Å²) in [6.45, 7) is 6.13. The van der Waals surface area contributed by atoms with Gasteiger partial charge in [0.25, 0.3) is 15.9 Å². The molecule has 1 aliphatic heterocycles. The minimum Gasteiger partial charge on any atom is -0.476 e. The molecule has 0 unspecified atom stereocenters. The normalized spacial score (nSPS) is 17.0. The molecule has 0 saturated heterocycles. The number of likely N-dealkylation sites (N-methyl/N-ethyl adjacent to an activating group) is 1. The van der Waals surface area contributed by atoms with Crippen LogP contribution in [0.3, 0.4) is 0 Å². The van der Waals surface area contributed by atoms with Gasteiger partial charge in [0.05, 0.1) is 17.1 Å². The summed E-state index contributed by atoms with van der Waals surface area (Å²) in [5, 5.41) is 2.52. The van der Waals surface area contributed by atoms with Crippen molar-refractivity contribution in [2.24, 2.45) is 0 Å². The molecule has 144 valence electrons. The van der Waals surface area contributed by atoms with Crippen LogP contribution in [0.1, 0.15) is 26.3 Å². The van der Waals surface area contributed by atoms with Crippen molar-refractivity contribution < 1.29 is 17.9 Å². The first kappa shape index (κ1) is 19.2. The van der Waals surface area contributed by atoms with Crippen LogP contribution in [0.5, 0.6) is 5.75 Å². The number of nitrogens with one attached hydrogen (secondary N) is 1. The number of carbonyl (C=O) groups is 1. The monoisotopic (exact) mass is 388 g/mol. The van der Waals surface area contributed by atoms with Crippen LogP contribution in [0, 0.1) is 0 Å². The molecule has 6 nitrogen and oxygen atoms in total. The zero-order valence-corrected chi connectivity index (χ0v) is 16.7. The number of benzene rings is 2. The Kier molecular flexibility index (Phi) is 4.90. The van der Waals surface area contributed by atoms with E-state index in [1.807, 2.05) is 12.1 Å². The van der Waals surface area contributed by atoms with Crippen LogP contribution < -0.4 is 14.4 Å². The predicted octanol–water partition coefficient (Wildman–Crippen LogP) is 2.69. The Bertz CT molecular complexity index is 947. The van der Waals surface area contributed by atoms with E-state index < -0.39 is 16.1 Å². The smallest absolute Gasteiger partial charge is 0.264 e. The van der Waals surface area contributed by atoms with Gasteiger partial charge in [-0.25, -0.2) is 8.42 Å². The third-order valence-corrected chi connectivity index (χ3v) is 6.38. The summed E-state index contributed by atoms with van der Waals surface area (Å²) < 4.78 is 33.6. The van der Waals surface area contributed by atoms with Gasteiger partial charge >= 0.3 is 0 Å². The highest BCUT2D eigenvalue weighted by molar-refractivity contribution is 7.92. The third-order valence-electron chi connectivity index (χ3n) is 4.58. The van der Waals surface area contributed by atoms with Gasteiger partial charge in [0.1, 0.15) is 5.75 Å². The molecule has 3 rings (SSSR count). The molecule has 0 aromatic heterocycles. The van der Waals surface area contributed by atoms with Crippen LogP contribution in [0.2, 0.25) is 0 Å². The molecule has 1 heterocycles. The van der Waals surface area contributed by atoms with Gasteiger partial charge < -0.3 is 10.1 Å². The second-order valence-electron chi connectivity index (χ2n) is 7.50. The van der Waals surface area contributed by atoms with Crippen molar-refractivity contribution in [1.29, 1.82) is 0 Å². The number of amides is 1. The van der Waals surface area contributed by atoms with E-state index >= 15 is 0 Å². The van der Waals surface area contributed by atoms with Crippen molar-refractivity contribution in [3.05, 3.63) is 54.1 Å². The lowest BCUT2D eigenvalue weighted by Gasteiger charge is -2.34. The first-order valence-corrected chi connectivity index (χ1v) is 10.2. The molecule has 1 amide bonds. The van der Waals surface area contributed by atoms with Crippen molar-refractivity contribution in [2.75, 3.05) is 17.9 Å². The van der Waals surface area contributed by atoms with Gasteiger partial charge in [-0.15, -0.1) is 0 Å². The van der Waals surface area contributed by atoms with E-state index in [0.717, 1.165) is 5.56 Å². The van der Waals surface area contributed by atoms with Crippen molar-refractivity contribution in [3.8, 4) is 5.75 Å². The summed E-state index contributed by atoms with van der Waals surface area (Å²) in [5.74, 6) is 0.0000187. The number of para-hydroxylation sites is 2. The maximum atomic E-state index is 13.3. The zero-order chi connectivity index (χ0) is 19.8. The fraction of sp³-hybridized carbons (Fsp3) is 0.350. The highest BCUT2D eigenvalue weighted by Crippen LogP contribution is 2.37. The maximum Gasteiger partial charge on any atom is 0.264 e. The molecule has 1 N–H and O–H groups in total. The standard InChI is InChI=1S/C20H24N2O4S/c1-20(2,3)14-9-11-15(12-10-14)27(24,25)22-13-18(19(23)21-4)26-17-8-6-5-7-16(17)22/h5-12,18H,13H2,1-4H3,(H,21,23)/t18-/m1/s1. The number of carbonyl (C=O) groups excluding carboxylic acids is 1. The number of rotatable bonds is 3. The van der Waals surface area contributed by atoms with Gasteiger partial charge in [0, 0.05) is 7.05 Å². The van der Waals surface area contributed by atoms with E-state index in [2.05, 4.69) is 26.1 Å². The molecule has 7 heteroatoms. The van der Waals surface area contributed by atoms with Gasteiger partial charge in [-0.05, 0) is 35.2 Å². The fourth-order valence-corrected chi connectivity index (χ4v) is 4.46. The van der Waals surface area contributed by atoms with Gasteiger partial charge in [0.2, 0.25) is 0 Å². The summed E-state index contributed by atoms with van der Waals surface area (Å²) in [4.78, 5) is 12.3. The van der Waals surface area contributed by atoms with E-state index in [9.17, 15) is 13.2 Å². The summed E-state index contributed by atoms with van der Waals surface area (Å²) in [5.41, 5.74) is 1.41. The number of ether oxygens (including phenoxy) is 1. The zero-order valence-electron chi connectivity index (χ0n) is 15.9. The lowest BCUT2D eigenvalue weighted by molar-refractivity contribution is -0.127. The Labute approximate surface area is 160 Å². The molecule has 2 aromatic carbocycles. The molecule has 0 radical (unpaired) electrons. The van der Waals surface area contributed by atoms with E-state index in [0.29, 0.717) is 11.4 Å². The molecule has 2 aromatic rings. The fourth-order valence-electron chi connectivity index (χ4n) is 2.98. The highest BCUT2D eigenvalue weighted by Gasteiger charge is 2.37. The Balaban J connectivity index is 2.03. The van der Waals surface area contributed by atoms with Gasteiger partial charge in [-0.1, -0.05) is 45.0 Å². The second kappa shape index (κ2) is 6.88. The topological polar surface area (TPSA) is 75.7 Å². The molecule has 0 fully saturated rings. The second-order valence-corrected chi connectivity index (χ2v) is 9.36. The molecule has 1 atom stereocenters. The quantitative estimate of drug-likeness (QED) is 0.877. The molecular weight excluding hydrogens is 364 g/mol. The summed E-state index contributed by atoms with van der Waals surface area (Å²) in [6, 6.07) is 13.7. The third kappa shape index (κ3) is 3.64. The van der Waals surface area contributed by atoms with Crippen LogP contribution in [0.25, 0.3) is 0 Å². The van der Waals surface area contributed by atoms with Crippen molar-refractivity contribution in [3.63, 3.8) is 0 Å². The summed E-state index contributed by atoms with van der Waals surface area (Å²) in [6.07, 6.45) is -0.909. The van der Waals surface area contributed by atoms with Crippen LogP contribution in [0.4, 0.5) is 5.69 Å². The molecule has 0 aliphatic carbocycles. The van der Waals surface area contributed by atoms with Crippen LogP contribution >= 0.6 is 0 Å². The molecule has 0 spiro atoms. The predicted molar refractivity (Wildman–Crippen MR) is 105 cm³/mol. The Morgan fingerprint density at radius 2 is 1.74 bits per heavy atom. The van der Waals surface area contributed by atoms with E-state index in [1.165, 1.54) is 11.4 Å². The number of sulfonamides is 1. The first-order chi connectivity index (χ1) is 12.6. The largest absolute Gasteiger partial charge is 0.476 e. The Morgan fingerprint density at radius 1 is 1.11 bits per heavy atom. The first-order valence-electron chi connectivity index (χ1n) is 8.75. The van der Waals surface area contributed by atoms with E-state index in [1.54, 1.807) is 36.4 Å². The number of hydrogen-bond acceptors (Lipinski definition) is 4. The van der Waals surface area contributed by atoms with Crippen LogP contribution in [-0.4, -0.2) is 34.0 Å². The summed E-state index contributed by atoms with van der Waals surface area (Å²) in [7, 11) is -2.34. The average Bonchev–Trinajstić information content (AvgIpc) is 2.65. The van der Waals surface area contributed by atoms with Crippen LogP contribution in [0.15, 0.2) is 53.4 Å². The summed E-state index contributed by atoms with van der Waals surface area (Å²) >= 11 is 0. The Hall–Kier alpha value is -2.54. The minimum atomic E-state index is -3.84. The average molecular weight is 388 g/mol. The maximum absolute atomic E-state index is 13.3. The van der Waals surface area contributed by atoms with Crippen LogP contribution in [-0.2, 0) is 20.2 Å². The molecule has 1 aliphatic rings. The number of fused-ring (bicyclic) bond motifs is 1. The van der Waals surface area contributed by atoms with E-state index in [4.69, 9.17) is 4.74 Å². The molecule has 0 bridgehead atoms. The van der Waals surface area contributed by atoms with Gasteiger partial charge in [-0.2, -0.15) is 0 Å². The van der Waals surface area contributed by atoms with E-state index in [-0.39, 0.29) is 22.8 Å². The van der Waals surface area contributed by atoms with Crippen molar-refractivity contribution >= 4 is 21.6 Å². The molecule has 0 saturated carbocycles. The highest BCUT2D eigenvalue weighted by atomic mass is 32.2. The van der Waals surface area contributed by atoms with Gasteiger partial charge in [0.15, 0.2) is 6.10 Å². The number of anilines is 1. The Morgan fingerprint density at radius 3 is 2.33 bits per heavy atom. The SMILES string of the molecule is CNC(=O)[C@H]1CN(S(=O)(=O)c2ccc(C(C)(C)C)cc2)c2ccccc2O1. The lowest BCUT2D eigenvalue weighted by atomic mass is 9.87. The minimum absolute atomic E-state index is 0.0713. The molecule has 27 heavy (non-hydrogen) atoms. The van der Waals surface area contributed by atoms with Gasteiger partial charge in [-0.3, -0.25) is 9.10 Å². The van der Waals surface area contributed by atoms with Crippen molar-refractivity contribution in [2.45, 2.75) is 37.2 Å². The number of nitrogens with zero attached hydrogens (tertiary/aromatic N) is 1. The van der Waals surface area contributed by atoms with Crippen molar-refractivity contribution in [1.82, 2.24) is 5.32 Å². The lowest BCUT2D eigenvalue weighted by Crippen LogP contribution is -2.50. The molecular formula is C20H24N2O4S.